The molecule has 0 saturated heterocycles. The van der Waals surface area contributed by atoms with Gasteiger partial charge < -0.3 is 10.3 Å². The number of halogens is 1. The summed E-state index contributed by atoms with van der Waals surface area (Å²) in [5.41, 5.74) is 3.58. The molecule has 0 bridgehead atoms. The predicted molar refractivity (Wildman–Crippen MR) is 85.7 cm³/mol. The van der Waals surface area contributed by atoms with Crippen molar-refractivity contribution in [1.29, 1.82) is 0 Å². The van der Waals surface area contributed by atoms with Crippen LogP contribution in [0.1, 0.15) is 21.6 Å². The van der Waals surface area contributed by atoms with Gasteiger partial charge in [0.15, 0.2) is 0 Å². The zero-order chi connectivity index (χ0) is 14.8. The fourth-order valence-electron chi connectivity index (χ4n) is 2.38. The van der Waals surface area contributed by atoms with Crippen LogP contribution >= 0.6 is 11.6 Å². The number of aryl methyl sites for hydroxylation is 1. The Morgan fingerprint density at radius 2 is 1.86 bits per heavy atom. The van der Waals surface area contributed by atoms with E-state index in [-0.39, 0.29) is 5.91 Å². The largest absolute Gasteiger partial charge is 0.350 e. The lowest BCUT2D eigenvalue weighted by atomic mass is 10.1. The number of nitrogens with one attached hydrogen (secondary N) is 2. The van der Waals surface area contributed by atoms with Crippen LogP contribution in [-0.4, -0.2) is 10.9 Å². The van der Waals surface area contributed by atoms with Gasteiger partial charge in [-0.05, 0) is 36.2 Å². The van der Waals surface area contributed by atoms with Crippen molar-refractivity contribution < 1.29 is 4.79 Å². The molecule has 0 spiro atoms. The number of rotatable bonds is 3. The molecule has 0 unspecified atom stereocenters. The van der Waals surface area contributed by atoms with E-state index in [0.29, 0.717) is 17.3 Å². The van der Waals surface area contributed by atoms with Gasteiger partial charge in [-0.1, -0.05) is 41.9 Å². The Morgan fingerprint density at radius 3 is 2.57 bits per heavy atom. The van der Waals surface area contributed by atoms with E-state index in [2.05, 4.69) is 10.3 Å². The SMILES string of the molecule is Cc1c(C(=O)NCc2ccc(Cl)cc2)[nH]c2ccccc12. The molecule has 1 aromatic heterocycles. The van der Waals surface area contributed by atoms with Gasteiger partial charge in [-0.15, -0.1) is 0 Å². The second-order valence-electron chi connectivity index (χ2n) is 4.98. The number of fused-ring (bicyclic) bond motifs is 1. The topological polar surface area (TPSA) is 44.9 Å². The van der Waals surface area contributed by atoms with Gasteiger partial charge in [-0.25, -0.2) is 0 Å². The number of benzene rings is 2. The van der Waals surface area contributed by atoms with Crippen molar-refractivity contribution in [2.24, 2.45) is 0 Å². The molecule has 0 aliphatic rings. The highest BCUT2D eigenvalue weighted by Crippen LogP contribution is 2.21. The molecular weight excluding hydrogens is 284 g/mol. The Bertz CT molecular complexity index is 790. The van der Waals surface area contributed by atoms with E-state index >= 15 is 0 Å². The Hall–Kier alpha value is -2.26. The quantitative estimate of drug-likeness (QED) is 0.752. The van der Waals surface area contributed by atoms with Gasteiger partial charge in [0.1, 0.15) is 5.69 Å². The summed E-state index contributed by atoms with van der Waals surface area (Å²) in [6.45, 7) is 2.43. The Kier molecular flexibility index (Phi) is 3.67. The molecule has 21 heavy (non-hydrogen) atoms. The molecule has 106 valence electrons. The van der Waals surface area contributed by atoms with Crippen LogP contribution in [0.15, 0.2) is 48.5 Å². The lowest BCUT2D eigenvalue weighted by Gasteiger charge is -2.05. The summed E-state index contributed by atoms with van der Waals surface area (Å²) < 4.78 is 0. The zero-order valence-corrected chi connectivity index (χ0v) is 12.4. The highest BCUT2D eigenvalue weighted by atomic mass is 35.5. The van der Waals surface area contributed by atoms with Crippen LogP contribution in [0.3, 0.4) is 0 Å². The van der Waals surface area contributed by atoms with E-state index in [1.54, 1.807) is 0 Å². The summed E-state index contributed by atoms with van der Waals surface area (Å²) in [6, 6.07) is 15.3. The minimum absolute atomic E-state index is 0.0985. The van der Waals surface area contributed by atoms with Gasteiger partial charge in [-0.2, -0.15) is 0 Å². The van der Waals surface area contributed by atoms with Crippen LogP contribution in [-0.2, 0) is 6.54 Å². The Balaban J connectivity index is 1.78. The number of aromatic nitrogens is 1. The number of hydrogen-bond donors (Lipinski definition) is 2. The first-order valence-corrected chi connectivity index (χ1v) is 7.13. The highest BCUT2D eigenvalue weighted by molar-refractivity contribution is 6.30. The number of carbonyl (C=O) groups excluding carboxylic acids is 1. The standard InChI is InChI=1S/C17H15ClN2O/c1-11-14-4-2-3-5-15(14)20-16(11)17(21)19-10-12-6-8-13(18)9-7-12/h2-9,20H,10H2,1H3,(H,19,21). The molecule has 0 aliphatic carbocycles. The van der Waals surface area contributed by atoms with Gasteiger partial charge >= 0.3 is 0 Å². The highest BCUT2D eigenvalue weighted by Gasteiger charge is 2.13. The number of para-hydroxylation sites is 1. The maximum absolute atomic E-state index is 12.3. The molecule has 0 saturated carbocycles. The molecule has 3 rings (SSSR count). The molecule has 0 aliphatic heterocycles. The van der Waals surface area contributed by atoms with E-state index in [4.69, 9.17) is 11.6 Å². The van der Waals surface area contributed by atoms with Crippen molar-refractivity contribution in [3.63, 3.8) is 0 Å². The third kappa shape index (κ3) is 2.78. The Labute approximate surface area is 127 Å². The van der Waals surface area contributed by atoms with Crippen LogP contribution in [0, 0.1) is 6.92 Å². The van der Waals surface area contributed by atoms with Crippen molar-refractivity contribution in [1.82, 2.24) is 10.3 Å². The first-order chi connectivity index (χ1) is 10.1. The van der Waals surface area contributed by atoms with Crippen LogP contribution in [0.4, 0.5) is 0 Å². The number of carbonyl (C=O) groups is 1. The average Bonchev–Trinajstić information content (AvgIpc) is 2.84. The second-order valence-corrected chi connectivity index (χ2v) is 5.42. The van der Waals surface area contributed by atoms with E-state index in [9.17, 15) is 4.79 Å². The fraction of sp³-hybridized carbons (Fsp3) is 0.118. The third-order valence-corrected chi connectivity index (χ3v) is 3.81. The van der Waals surface area contributed by atoms with Crippen molar-refractivity contribution in [2.45, 2.75) is 13.5 Å². The molecule has 2 N–H and O–H groups in total. The lowest BCUT2D eigenvalue weighted by molar-refractivity contribution is 0.0946. The van der Waals surface area contributed by atoms with Crippen LogP contribution in [0.5, 0.6) is 0 Å². The van der Waals surface area contributed by atoms with Crippen LogP contribution in [0.2, 0.25) is 5.02 Å². The number of aromatic amines is 1. The van der Waals surface area contributed by atoms with E-state index in [0.717, 1.165) is 22.0 Å². The second kappa shape index (κ2) is 5.62. The first-order valence-electron chi connectivity index (χ1n) is 6.75. The number of H-pyrrole nitrogens is 1. The predicted octanol–water partition coefficient (Wildman–Crippen LogP) is 4.06. The minimum atomic E-state index is -0.0985. The van der Waals surface area contributed by atoms with E-state index in [1.165, 1.54) is 0 Å². The number of amides is 1. The average molecular weight is 299 g/mol. The molecule has 0 radical (unpaired) electrons. The molecular formula is C17H15ClN2O. The first kappa shape index (κ1) is 13.7. The molecule has 2 aromatic carbocycles. The zero-order valence-electron chi connectivity index (χ0n) is 11.6. The lowest BCUT2D eigenvalue weighted by Crippen LogP contribution is -2.23. The number of hydrogen-bond acceptors (Lipinski definition) is 1. The van der Waals surface area contributed by atoms with Gasteiger partial charge in [-0.3, -0.25) is 4.79 Å². The van der Waals surface area contributed by atoms with Crippen molar-refractivity contribution >= 4 is 28.4 Å². The van der Waals surface area contributed by atoms with Gasteiger partial charge in [0, 0.05) is 22.5 Å². The fourth-order valence-corrected chi connectivity index (χ4v) is 2.51. The Morgan fingerprint density at radius 1 is 1.14 bits per heavy atom. The molecule has 3 nitrogen and oxygen atoms in total. The van der Waals surface area contributed by atoms with Crippen LogP contribution in [0.25, 0.3) is 10.9 Å². The summed E-state index contributed by atoms with van der Waals surface area (Å²) in [4.78, 5) is 15.5. The molecule has 0 fully saturated rings. The molecule has 1 amide bonds. The van der Waals surface area contributed by atoms with Crippen LogP contribution < -0.4 is 5.32 Å². The van der Waals surface area contributed by atoms with Gasteiger partial charge in [0.2, 0.25) is 0 Å². The summed E-state index contributed by atoms with van der Waals surface area (Å²) in [5.74, 6) is -0.0985. The third-order valence-electron chi connectivity index (χ3n) is 3.56. The van der Waals surface area contributed by atoms with E-state index in [1.807, 2.05) is 55.5 Å². The smallest absolute Gasteiger partial charge is 0.268 e. The summed E-state index contributed by atoms with van der Waals surface area (Å²) in [6.07, 6.45) is 0. The monoisotopic (exact) mass is 298 g/mol. The molecule has 1 heterocycles. The van der Waals surface area contributed by atoms with Gasteiger partial charge in [0.25, 0.3) is 5.91 Å². The maximum atomic E-state index is 12.3. The minimum Gasteiger partial charge on any atom is -0.350 e. The summed E-state index contributed by atoms with van der Waals surface area (Å²) >= 11 is 5.84. The van der Waals surface area contributed by atoms with E-state index < -0.39 is 0 Å². The molecule has 3 aromatic rings. The maximum Gasteiger partial charge on any atom is 0.268 e. The summed E-state index contributed by atoms with van der Waals surface area (Å²) in [5, 5.41) is 4.69. The normalized spacial score (nSPS) is 10.8. The van der Waals surface area contributed by atoms with Crippen molar-refractivity contribution in [3.05, 3.63) is 70.4 Å². The molecule has 4 heteroatoms. The van der Waals surface area contributed by atoms with Crippen molar-refractivity contribution in [2.75, 3.05) is 0 Å². The summed E-state index contributed by atoms with van der Waals surface area (Å²) in [7, 11) is 0. The van der Waals surface area contributed by atoms with Gasteiger partial charge in [0.05, 0.1) is 0 Å². The molecule has 0 atom stereocenters. The van der Waals surface area contributed by atoms with Crippen molar-refractivity contribution in [3.8, 4) is 0 Å².